The second kappa shape index (κ2) is 6.48. The van der Waals surface area contributed by atoms with Crippen molar-refractivity contribution in [2.45, 2.75) is 39.3 Å². The van der Waals surface area contributed by atoms with Gasteiger partial charge in [-0.1, -0.05) is 19.4 Å². The van der Waals surface area contributed by atoms with Crippen LogP contribution in [0.2, 0.25) is 0 Å². The highest BCUT2D eigenvalue weighted by Gasteiger charge is 2.10. The minimum atomic E-state index is 0.620. The molecule has 1 unspecified atom stereocenters. The highest BCUT2D eigenvalue weighted by molar-refractivity contribution is 5.42. The van der Waals surface area contributed by atoms with Crippen molar-refractivity contribution in [1.82, 2.24) is 9.88 Å². The number of aromatic nitrogens is 1. The first-order chi connectivity index (χ1) is 7.69. The Balaban J connectivity index is 2.64. The molecule has 3 heteroatoms. The van der Waals surface area contributed by atoms with E-state index < -0.39 is 0 Å². The Hall–Kier alpha value is -1.09. The third-order valence-corrected chi connectivity index (χ3v) is 3.01. The summed E-state index contributed by atoms with van der Waals surface area (Å²) in [7, 11) is 4.09. The van der Waals surface area contributed by atoms with Crippen LogP contribution in [-0.4, -0.2) is 30.0 Å². The normalized spacial score (nSPS) is 12.8. The van der Waals surface area contributed by atoms with Crippen LogP contribution in [-0.2, 0) is 6.54 Å². The number of rotatable bonds is 6. The zero-order chi connectivity index (χ0) is 12.0. The molecule has 0 bridgehead atoms. The Morgan fingerprint density at radius 3 is 2.88 bits per heavy atom. The van der Waals surface area contributed by atoms with Crippen molar-refractivity contribution in [1.29, 1.82) is 0 Å². The van der Waals surface area contributed by atoms with Gasteiger partial charge in [-0.2, -0.15) is 0 Å². The smallest absolute Gasteiger partial charge is 0.130 e. The molecular formula is C13H23N3. The summed E-state index contributed by atoms with van der Waals surface area (Å²) < 4.78 is 0. The Morgan fingerprint density at radius 2 is 2.25 bits per heavy atom. The van der Waals surface area contributed by atoms with E-state index in [0.717, 1.165) is 12.4 Å². The lowest BCUT2D eigenvalue weighted by Crippen LogP contribution is -2.28. The molecule has 0 spiro atoms. The number of anilines is 1. The van der Waals surface area contributed by atoms with Gasteiger partial charge in [0.1, 0.15) is 5.82 Å². The summed E-state index contributed by atoms with van der Waals surface area (Å²) in [6, 6.07) is 4.75. The topological polar surface area (TPSA) is 28.2 Å². The molecule has 0 radical (unpaired) electrons. The van der Waals surface area contributed by atoms with E-state index in [1.807, 2.05) is 19.3 Å². The van der Waals surface area contributed by atoms with Gasteiger partial charge in [0, 0.05) is 31.4 Å². The maximum Gasteiger partial charge on any atom is 0.130 e. The Kier molecular flexibility index (Phi) is 5.26. The third-order valence-electron chi connectivity index (χ3n) is 3.01. The molecule has 1 atom stereocenters. The highest BCUT2D eigenvalue weighted by Crippen LogP contribution is 2.15. The minimum absolute atomic E-state index is 0.620. The highest BCUT2D eigenvalue weighted by atomic mass is 15.1. The van der Waals surface area contributed by atoms with Crippen LogP contribution in [0.5, 0.6) is 0 Å². The van der Waals surface area contributed by atoms with E-state index >= 15 is 0 Å². The summed E-state index contributed by atoms with van der Waals surface area (Å²) in [4.78, 5) is 6.69. The maximum absolute atomic E-state index is 4.32. The van der Waals surface area contributed by atoms with Crippen molar-refractivity contribution in [3.8, 4) is 0 Å². The van der Waals surface area contributed by atoms with E-state index in [0.29, 0.717) is 6.04 Å². The van der Waals surface area contributed by atoms with E-state index in [9.17, 15) is 0 Å². The van der Waals surface area contributed by atoms with E-state index in [2.05, 4.69) is 42.2 Å². The summed E-state index contributed by atoms with van der Waals surface area (Å²) >= 11 is 0. The molecule has 0 saturated carbocycles. The van der Waals surface area contributed by atoms with Crippen molar-refractivity contribution >= 4 is 5.82 Å². The predicted octanol–water partition coefficient (Wildman–Crippen LogP) is 2.74. The van der Waals surface area contributed by atoms with Crippen molar-refractivity contribution in [2.24, 2.45) is 0 Å². The van der Waals surface area contributed by atoms with Gasteiger partial charge in [0.05, 0.1) is 0 Å². The molecule has 0 fully saturated rings. The van der Waals surface area contributed by atoms with Crippen LogP contribution < -0.4 is 5.32 Å². The Labute approximate surface area is 98.9 Å². The van der Waals surface area contributed by atoms with Crippen LogP contribution >= 0.6 is 0 Å². The fourth-order valence-corrected chi connectivity index (χ4v) is 1.85. The molecule has 16 heavy (non-hydrogen) atoms. The molecule has 0 aliphatic rings. The standard InChI is InChI=1S/C13H23N3/c1-5-7-11(2)16(4)10-12-8-6-9-15-13(12)14-3/h6,8-9,11H,5,7,10H2,1-4H3,(H,14,15). The van der Waals surface area contributed by atoms with Crippen LogP contribution in [0.3, 0.4) is 0 Å². The molecule has 90 valence electrons. The summed E-state index contributed by atoms with van der Waals surface area (Å²) in [5.74, 6) is 0.984. The molecule has 3 nitrogen and oxygen atoms in total. The van der Waals surface area contributed by atoms with Gasteiger partial charge < -0.3 is 5.32 Å². The first-order valence-electron chi connectivity index (χ1n) is 6.01. The summed E-state index contributed by atoms with van der Waals surface area (Å²) in [5.41, 5.74) is 1.26. The van der Waals surface area contributed by atoms with Crippen LogP contribution in [0.15, 0.2) is 18.3 Å². The zero-order valence-electron chi connectivity index (χ0n) is 10.8. The Bertz CT molecular complexity index is 312. The molecule has 1 aromatic rings. The van der Waals surface area contributed by atoms with Crippen LogP contribution in [0, 0.1) is 0 Å². The SMILES string of the molecule is CCCC(C)N(C)Cc1cccnc1NC. The molecule has 1 heterocycles. The molecule has 0 aliphatic carbocycles. The van der Waals surface area contributed by atoms with Crippen molar-refractivity contribution in [3.05, 3.63) is 23.9 Å². The molecule has 1 N–H and O–H groups in total. The van der Waals surface area contributed by atoms with Crippen molar-refractivity contribution in [3.63, 3.8) is 0 Å². The largest absolute Gasteiger partial charge is 0.373 e. The van der Waals surface area contributed by atoms with E-state index in [1.165, 1.54) is 18.4 Å². The van der Waals surface area contributed by atoms with Gasteiger partial charge in [-0.15, -0.1) is 0 Å². The summed E-state index contributed by atoms with van der Waals surface area (Å²) in [6.45, 7) is 5.46. The number of nitrogens with one attached hydrogen (secondary N) is 1. The average molecular weight is 221 g/mol. The van der Waals surface area contributed by atoms with Gasteiger partial charge in [0.25, 0.3) is 0 Å². The number of nitrogens with zero attached hydrogens (tertiary/aromatic N) is 2. The van der Waals surface area contributed by atoms with E-state index in [4.69, 9.17) is 0 Å². The van der Waals surface area contributed by atoms with Gasteiger partial charge in [0.15, 0.2) is 0 Å². The fraction of sp³-hybridized carbons (Fsp3) is 0.615. The summed E-state index contributed by atoms with van der Waals surface area (Å²) in [6.07, 6.45) is 4.30. The second-order valence-corrected chi connectivity index (χ2v) is 4.31. The molecule has 1 aromatic heterocycles. The van der Waals surface area contributed by atoms with Crippen molar-refractivity contribution < 1.29 is 0 Å². The van der Waals surface area contributed by atoms with Gasteiger partial charge in [0.2, 0.25) is 0 Å². The monoisotopic (exact) mass is 221 g/mol. The molecule has 0 saturated heterocycles. The van der Waals surface area contributed by atoms with Gasteiger partial charge in [-0.25, -0.2) is 4.98 Å². The van der Waals surface area contributed by atoms with Crippen molar-refractivity contribution in [2.75, 3.05) is 19.4 Å². The summed E-state index contributed by atoms with van der Waals surface area (Å²) in [5, 5.41) is 3.13. The Morgan fingerprint density at radius 1 is 1.50 bits per heavy atom. The van der Waals surface area contributed by atoms with Gasteiger partial charge in [-0.3, -0.25) is 4.90 Å². The number of hydrogen-bond acceptors (Lipinski definition) is 3. The van der Waals surface area contributed by atoms with Crippen LogP contribution in [0.4, 0.5) is 5.82 Å². The molecular weight excluding hydrogens is 198 g/mol. The number of pyridine rings is 1. The lowest BCUT2D eigenvalue weighted by atomic mass is 10.1. The second-order valence-electron chi connectivity index (χ2n) is 4.31. The fourth-order valence-electron chi connectivity index (χ4n) is 1.85. The van der Waals surface area contributed by atoms with Crippen LogP contribution in [0.25, 0.3) is 0 Å². The predicted molar refractivity (Wildman–Crippen MR) is 69.6 cm³/mol. The quantitative estimate of drug-likeness (QED) is 0.800. The van der Waals surface area contributed by atoms with Crippen LogP contribution in [0.1, 0.15) is 32.3 Å². The first kappa shape index (κ1) is 13.0. The molecule has 0 aromatic carbocycles. The average Bonchev–Trinajstić information content (AvgIpc) is 2.30. The minimum Gasteiger partial charge on any atom is -0.373 e. The van der Waals surface area contributed by atoms with Gasteiger partial charge >= 0.3 is 0 Å². The lowest BCUT2D eigenvalue weighted by molar-refractivity contribution is 0.237. The molecule has 0 amide bonds. The maximum atomic E-state index is 4.32. The zero-order valence-corrected chi connectivity index (χ0v) is 10.8. The van der Waals surface area contributed by atoms with E-state index in [1.54, 1.807) is 0 Å². The first-order valence-corrected chi connectivity index (χ1v) is 6.01. The third kappa shape index (κ3) is 3.49. The lowest BCUT2D eigenvalue weighted by Gasteiger charge is -2.25. The van der Waals surface area contributed by atoms with E-state index in [-0.39, 0.29) is 0 Å². The molecule has 0 aliphatic heterocycles. The molecule has 1 rings (SSSR count). The van der Waals surface area contributed by atoms with Gasteiger partial charge in [-0.05, 0) is 26.5 Å². The number of hydrogen-bond donors (Lipinski definition) is 1.